The summed E-state index contributed by atoms with van der Waals surface area (Å²) in [6.45, 7) is 5.14. The molecule has 3 N–H and O–H groups in total. The van der Waals surface area contributed by atoms with E-state index in [0.29, 0.717) is 44.5 Å². The third kappa shape index (κ3) is 5.78. The Morgan fingerprint density at radius 1 is 1.21 bits per heavy atom. The van der Waals surface area contributed by atoms with E-state index < -0.39 is 45.3 Å². The van der Waals surface area contributed by atoms with E-state index in [0.717, 1.165) is 18.9 Å². The van der Waals surface area contributed by atoms with Crippen molar-refractivity contribution in [1.29, 1.82) is 5.26 Å². The topological polar surface area (TPSA) is 125 Å². The quantitative estimate of drug-likeness (QED) is 0.272. The number of nitrogens with two attached hydrogens (primary N) is 1. The summed E-state index contributed by atoms with van der Waals surface area (Å²) >= 11 is 0. The summed E-state index contributed by atoms with van der Waals surface area (Å²) in [7, 11) is 3.17. The van der Waals surface area contributed by atoms with Crippen LogP contribution in [0, 0.1) is 29.5 Å². The van der Waals surface area contributed by atoms with Gasteiger partial charge in [-0.05, 0) is 50.4 Å². The number of rotatable bonds is 6. The van der Waals surface area contributed by atoms with Gasteiger partial charge in [0.25, 0.3) is 0 Å². The van der Waals surface area contributed by atoms with E-state index in [-0.39, 0.29) is 53.0 Å². The highest BCUT2D eigenvalue weighted by atomic mass is 19.4. The van der Waals surface area contributed by atoms with Gasteiger partial charge in [-0.25, -0.2) is 13.8 Å². The smallest absolute Gasteiger partial charge is 0.417 e. The third-order valence-electron chi connectivity index (χ3n) is 9.42. The van der Waals surface area contributed by atoms with Crippen molar-refractivity contribution < 1.29 is 31.4 Å². The Bertz CT molecular complexity index is 1800. The number of likely N-dealkylation sites (tertiary alicyclic amines) is 1. The van der Waals surface area contributed by atoms with E-state index in [2.05, 4.69) is 20.3 Å². The van der Waals surface area contributed by atoms with Gasteiger partial charge in [-0.1, -0.05) is 6.92 Å². The first-order chi connectivity index (χ1) is 22.3. The van der Waals surface area contributed by atoms with Gasteiger partial charge in [0.05, 0.1) is 30.3 Å². The van der Waals surface area contributed by atoms with Crippen molar-refractivity contribution in [1.82, 2.24) is 25.2 Å². The van der Waals surface area contributed by atoms with Crippen molar-refractivity contribution in [2.75, 3.05) is 57.6 Å². The van der Waals surface area contributed by atoms with Crippen LogP contribution in [-0.2, 0) is 6.18 Å². The highest BCUT2D eigenvalue weighted by Gasteiger charge is 2.41. The number of fused-ring (bicyclic) bond motifs is 3. The molecule has 3 aliphatic heterocycles. The summed E-state index contributed by atoms with van der Waals surface area (Å²) in [5.41, 5.74) is 1.36. The zero-order valence-corrected chi connectivity index (χ0v) is 26.4. The Hall–Kier alpha value is -4.29. The number of ether oxygens (including phenoxy) is 2. The number of hydrogen-bond acceptors (Lipinski definition) is 10. The number of nitrogens with zero attached hydrogens (tertiary/aromatic N) is 6. The van der Waals surface area contributed by atoms with Crippen LogP contribution < -0.4 is 25.4 Å². The predicted molar refractivity (Wildman–Crippen MR) is 165 cm³/mol. The molecule has 3 aromatic rings. The molecule has 0 amide bonds. The van der Waals surface area contributed by atoms with Crippen LogP contribution in [0.25, 0.3) is 22.2 Å². The van der Waals surface area contributed by atoms with Crippen molar-refractivity contribution in [3.63, 3.8) is 0 Å². The molecule has 3 aliphatic rings. The zero-order valence-electron chi connectivity index (χ0n) is 26.4. The van der Waals surface area contributed by atoms with E-state index in [4.69, 9.17) is 15.2 Å². The minimum Gasteiger partial charge on any atom is -0.480 e. The van der Waals surface area contributed by atoms with Crippen molar-refractivity contribution in [3.8, 4) is 29.2 Å². The standard InChI is InChI=1S/C32H35F5N8O2/c1-16-9-21(39)20(11-38)22(24(16)32(35,36)37)26-25(34)27-23(29(41-26)46-4)28(45-12-18-5-6-19(13-45)40-18)43-30(42-27)47-15-31(2)14-44(3)8-7-17(31)10-33/h9-10,18-19,40H,5-8,12-15,39H2,1-4H3/b17-10+/t18-,19+,31-/m0/s1. The molecule has 3 atom stereocenters. The number of nitriles is 1. The number of nitrogens with one attached hydrogen (secondary N) is 1. The lowest BCUT2D eigenvalue weighted by Crippen LogP contribution is -2.51. The fourth-order valence-corrected chi connectivity index (χ4v) is 7.18. The predicted octanol–water partition coefficient (Wildman–Crippen LogP) is 5.14. The summed E-state index contributed by atoms with van der Waals surface area (Å²) in [6.07, 6.45) is -2.05. The molecule has 250 valence electrons. The summed E-state index contributed by atoms with van der Waals surface area (Å²) in [6, 6.07) is 2.76. The Balaban J connectivity index is 1.58. The molecule has 0 radical (unpaired) electrons. The number of benzene rings is 1. The lowest BCUT2D eigenvalue weighted by atomic mass is 9.78. The van der Waals surface area contributed by atoms with Gasteiger partial charge in [0, 0.05) is 49.2 Å². The number of piperazine rings is 1. The molecule has 0 unspecified atom stereocenters. The van der Waals surface area contributed by atoms with Gasteiger partial charge in [-0.3, -0.25) is 0 Å². The van der Waals surface area contributed by atoms with E-state index in [1.54, 1.807) is 6.07 Å². The number of pyridine rings is 1. The first-order valence-electron chi connectivity index (χ1n) is 15.3. The second-order valence-corrected chi connectivity index (χ2v) is 12.9. The monoisotopic (exact) mass is 658 g/mol. The number of nitrogen functional groups attached to an aromatic ring is 1. The number of hydrogen-bond donors (Lipinski definition) is 2. The molecule has 6 rings (SSSR count). The fourth-order valence-electron chi connectivity index (χ4n) is 7.18. The molecule has 0 saturated carbocycles. The van der Waals surface area contributed by atoms with E-state index in [9.17, 15) is 22.8 Å². The number of methoxy groups -OCH3 is 1. The van der Waals surface area contributed by atoms with Crippen molar-refractivity contribution in [3.05, 3.63) is 40.5 Å². The van der Waals surface area contributed by atoms with Gasteiger partial charge >= 0.3 is 12.2 Å². The second kappa shape index (κ2) is 12.1. The summed E-state index contributed by atoms with van der Waals surface area (Å²) < 4.78 is 86.0. The van der Waals surface area contributed by atoms with Crippen LogP contribution in [0.4, 0.5) is 33.5 Å². The number of anilines is 2. The van der Waals surface area contributed by atoms with Crippen LogP contribution in [0.1, 0.15) is 42.9 Å². The van der Waals surface area contributed by atoms with Crippen LogP contribution in [0.2, 0.25) is 0 Å². The molecule has 0 spiro atoms. The minimum absolute atomic E-state index is 0.0445. The minimum atomic E-state index is -4.98. The van der Waals surface area contributed by atoms with Crippen molar-refractivity contribution in [2.24, 2.45) is 5.41 Å². The average Bonchev–Trinajstić information content (AvgIpc) is 3.36. The van der Waals surface area contributed by atoms with Crippen LogP contribution >= 0.6 is 0 Å². The summed E-state index contributed by atoms with van der Waals surface area (Å²) in [5, 5.41) is 13.5. The lowest BCUT2D eigenvalue weighted by Gasteiger charge is -2.40. The van der Waals surface area contributed by atoms with Crippen LogP contribution in [0.3, 0.4) is 0 Å². The van der Waals surface area contributed by atoms with E-state index >= 15 is 4.39 Å². The van der Waals surface area contributed by atoms with Crippen molar-refractivity contribution >= 4 is 22.4 Å². The fraction of sp³-hybridized carbons (Fsp3) is 0.500. The van der Waals surface area contributed by atoms with Gasteiger partial charge in [0.15, 0.2) is 5.82 Å². The number of alkyl halides is 3. The van der Waals surface area contributed by atoms with Gasteiger partial charge in [-0.2, -0.15) is 28.4 Å². The highest BCUT2D eigenvalue weighted by Crippen LogP contribution is 2.46. The first-order valence-corrected chi connectivity index (χ1v) is 15.3. The number of halogens is 5. The van der Waals surface area contributed by atoms with Crippen molar-refractivity contribution in [2.45, 2.75) is 51.4 Å². The Morgan fingerprint density at radius 2 is 1.91 bits per heavy atom. The number of aromatic nitrogens is 3. The van der Waals surface area contributed by atoms with E-state index in [1.165, 1.54) is 14.0 Å². The molecule has 1 aromatic carbocycles. The number of aryl methyl sites for hydroxylation is 1. The van der Waals surface area contributed by atoms with Gasteiger partial charge < -0.3 is 30.3 Å². The maximum absolute atomic E-state index is 16.9. The van der Waals surface area contributed by atoms with Crippen LogP contribution in [0.15, 0.2) is 18.0 Å². The molecule has 3 saturated heterocycles. The Morgan fingerprint density at radius 3 is 2.53 bits per heavy atom. The molecule has 0 aliphatic carbocycles. The summed E-state index contributed by atoms with van der Waals surface area (Å²) in [5.74, 6) is -1.22. The van der Waals surface area contributed by atoms with Crippen LogP contribution in [0.5, 0.6) is 11.9 Å². The molecular weight excluding hydrogens is 623 g/mol. The lowest BCUT2D eigenvalue weighted by molar-refractivity contribution is -0.137. The summed E-state index contributed by atoms with van der Waals surface area (Å²) in [4.78, 5) is 17.3. The number of piperidine rings is 1. The molecule has 10 nitrogen and oxygen atoms in total. The molecule has 5 heterocycles. The molecular formula is C32H35F5N8O2. The molecule has 47 heavy (non-hydrogen) atoms. The van der Waals surface area contributed by atoms with Gasteiger partial charge in [0.2, 0.25) is 5.88 Å². The second-order valence-electron chi connectivity index (χ2n) is 12.9. The third-order valence-corrected chi connectivity index (χ3v) is 9.42. The average molecular weight is 659 g/mol. The zero-order chi connectivity index (χ0) is 33.8. The van der Waals surface area contributed by atoms with Gasteiger partial charge in [-0.15, -0.1) is 0 Å². The Labute approximate surface area is 268 Å². The highest BCUT2D eigenvalue weighted by molar-refractivity contribution is 5.98. The molecule has 2 bridgehead atoms. The maximum Gasteiger partial charge on any atom is 0.417 e. The largest absolute Gasteiger partial charge is 0.480 e. The first kappa shape index (κ1) is 32.6. The van der Waals surface area contributed by atoms with Gasteiger partial charge in [0.1, 0.15) is 35.1 Å². The molecule has 3 fully saturated rings. The van der Waals surface area contributed by atoms with E-state index in [1.807, 2.05) is 23.8 Å². The SMILES string of the molecule is COc1nc(-c2c(C#N)c(N)cc(C)c2C(F)(F)F)c(F)c2nc(OC[C@]3(C)CN(C)CC/C3=C\F)nc(N3C[C@H]4CC[C@@H](C3)N4)c12. The molecule has 15 heteroatoms. The maximum atomic E-state index is 16.9. The molecule has 2 aromatic heterocycles. The van der Waals surface area contributed by atoms with Crippen LogP contribution in [-0.4, -0.2) is 78.9 Å². The normalized spacial score (nSPS) is 24.2. The Kier molecular flexibility index (Phi) is 8.38.